The van der Waals surface area contributed by atoms with E-state index < -0.39 is 5.60 Å². The quantitative estimate of drug-likeness (QED) is 0.858. The molecule has 0 spiro atoms. The van der Waals surface area contributed by atoms with Crippen LogP contribution >= 0.6 is 0 Å². The van der Waals surface area contributed by atoms with E-state index in [1.54, 1.807) is 10.6 Å². The van der Waals surface area contributed by atoms with Crippen LogP contribution in [-0.2, 0) is 7.05 Å². The first kappa shape index (κ1) is 13.1. The van der Waals surface area contributed by atoms with Crippen LogP contribution in [0.25, 0.3) is 0 Å². The fourth-order valence-electron chi connectivity index (χ4n) is 2.51. The Bertz CT molecular complexity index is 417. The van der Waals surface area contributed by atoms with Crippen molar-refractivity contribution in [3.05, 3.63) is 24.0 Å². The van der Waals surface area contributed by atoms with E-state index in [1.165, 1.54) is 0 Å². The van der Waals surface area contributed by atoms with Gasteiger partial charge in [-0.1, -0.05) is 6.92 Å². The van der Waals surface area contributed by atoms with Gasteiger partial charge in [0.15, 0.2) is 0 Å². The van der Waals surface area contributed by atoms with E-state index in [-0.39, 0.29) is 5.91 Å². The summed E-state index contributed by atoms with van der Waals surface area (Å²) in [6, 6.07) is 3.62. The van der Waals surface area contributed by atoms with Crippen molar-refractivity contribution in [1.29, 1.82) is 0 Å². The average molecular weight is 250 g/mol. The average Bonchev–Trinajstić information content (AvgIpc) is 2.77. The van der Waals surface area contributed by atoms with Crippen LogP contribution in [0, 0.1) is 5.92 Å². The van der Waals surface area contributed by atoms with E-state index >= 15 is 0 Å². The van der Waals surface area contributed by atoms with E-state index in [2.05, 4.69) is 12.2 Å². The Hall–Kier alpha value is -1.29. The van der Waals surface area contributed by atoms with Gasteiger partial charge >= 0.3 is 0 Å². The van der Waals surface area contributed by atoms with E-state index in [0.29, 0.717) is 18.2 Å². The molecule has 18 heavy (non-hydrogen) atoms. The molecule has 2 N–H and O–H groups in total. The Labute approximate surface area is 108 Å². The molecule has 1 aromatic rings. The first-order chi connectivity index (χ1) is 8.50. The summed E-state index contributed by atoms with van der Waals surface area (Å²) < 4.78 is 1.78. The number of hydrogen-bond donors (Lipinski definition) is 2. The van der Waals surface area contributed by atoms with E-state index in [1.807, 2.05) is 19.3 Å². The molecule has 0 saturated heterocycles. The van der Waals surface area contributed by atoms with Crippen molar-refractivity contribution in [2.24, 2.45) is 13.0 Å². The van der Waals surface area contributed by atoms with Crippen molar-refractivity contribution in [2.75, 3.05) is 6.54 Å². The van der Waals surface area contributed by atoms with Crippen LogP contribution in [0.5, 0.6) is 0 Å². The number of carbonyl (C=O) groups is 1. The molecule has 0 radical (unpaired) electrons. The maximum absolute atomic E-state index is 11.9. The van der Waals surface area contributed by atoms with Gasteiger partial charge in [0.05, 0.1) is 5.60 Å². The fraction of sp³-hybridized carbons (Fsp3) is 0.643. The molecule has 1 aromatic heterocycles. The molecule has 1 aliphatic rings. The predicted octanol–water partition coefficient (Wildman–Crippen LogP) is 1.70. The van der Waals surface area contributed by atoms with Gasteiger partial charge in [0, 0.05) is 19.8 Å². The fourth-order valence-corrected chi connectivity index (χ4v) is 2.51. The number of nitrogens with zero attached hydrogens (tertiary/aromatic N) is 1. The van der Waals surface area contributed by atoms with Gasteiger partial charge in [-0.2, -0.15) is 0 Å². The van der Waals surface area contributed by atoms with E-state index in [0.717, 1.165) is 25.7 Å². The normalized spacial score (nSPS) is 28.1. The lowest BCUT2D eigenvalue weighted by Crippen LogP contribution is -2.45. The smallest absolute Gasteiger partial charge is 0.267 e. The highest BCUT2D eigenvalue weighted by Gasteiger charge is 2.32. The lowest BCUT2D eigenvalue weighted by atomic mass is 9.79. The minimum absolute atomic E-state index is 0.116. The third kappa shape index (κ3) is 2.93. The van der Waals surface area contributed by atoms with E-state index in [9.17, 15) is 9.90 Å². The Kier molecular flexibility index (Phi) is 3.76. The Morgan fingerprint density at radius 3 is 2.78 bits per heavy atom. The van der Waals surface area contributed by atoms with Crippen LogP contribution in [0.15, 0.2) is 18.3 Å². The first-order valence-corrected chi connectivity index (χ1v) is 6.62. The predicted molar refractivity (Wildman–Crippen MR) is 70.3 cm³/mol. The van der Waals surface area contributed by atoms with Crippen molar-refractivity contribution in [2.45, 2.75) is 38.2 Å². The SMILES string of the molecule is CC1CCC(O)(CNC(=O)c2cccn2C)CC1. The molecule has 1 heterocycles. The minimum Gasteiger partial charge on any atom is -0.388 e. The Balaban J connectivity index is 1.88. The number of aromatic nitrogens is 1. The maximum atomic E-state index is 11.9. The second kappa shape index (κ2) is 5.14. The lowest BCUT2D eigenvalue weighted by Gasteiger charge is -2.34. The molecule has 4 nitrogen and oxygen atoms in total. The Morgan fingerprint density at radius 2 is 2.22 bits per heavy atom. The summed E-state index contributed by atoms with van der Waals surface area (Å²) in [6.45, 7) is 2.56. The van der Waals surface area contributed by atoms with Crippen LogP contribution < -0.4 is 5.32 Å². The zero-order valence-corrected chi connectivity index (χ0v) is 11.1. The topological polar surface area (TPSA) is 54.3 Å². The molecule has 1 amide bonds. The van der Waals surface area contributed by atoms with Gasteiger partial charge in [0.2, 0.25) is 0 Å². The van der Waals surface area contributed by atoms with Crippen molar-refractivity contribution in [1.82, 2.24) is 9.88 Å². The number of amides is 1. The molecule has 0 bridgehead atoms. The number of rotatable bonds is 3. The van der Waals surface area contributed by atoms with Gasteiger partial charge in [-0.3, -0.25) is 4.79 Å². The molecule has 0 aliphatic heterocycles. The zero-order valence-electron chi connectivity index (χ0n) is 11.1. The summed E-state index contributed by atoms with van der Waals surface area (Å²) in [5, 5.41) is 13.2. The molecule has 4 heteroatoms. The molecule has 1 saturated carbocycles. The maximum Gasteiger partial charge on any atom is 0.267 e. The molecule has 100 valence electrons. The van der Waals surface area contributed by atoms with Gasteiger partial charge < -0.3 is 15.0 Å². The standard InChI is InChI=1S/C14H22N2O2/c1-11-5-7-14(18,8-6-11)10-15-13(17)12-4-3-9-16(12)2/h3-4,9,11,18H,5-8,10H2,1-2H3,(H,15,17). The van der Waals surface area contributed by atoms with Crippen LogP contribution in [0.1, 0.15) is 43.1 Å². The zero-order chi connectivity index (χ0) is 13.2. The molecule has 1 fully saturated rings. The third-order valence-corrected chi connectivity index (χ3v) is 3.96. The third-order valence-electron chi connectivity index (χ3n) is 3.96. The Morgan fingerprint density at radius 1 is 1.56 bits per heavy atom. The number of aliphatic hydroxyl groups is 1. The number of carbonyl (C=O) groups excluding carboxylic acids is 1. The highest BCUT2D eigenvalue weighted by atomic mass is 16.3. The van der Waals surface area contributed by atoms with Gasteiger partial charge in [-0.15, -0.1) is 0 Å². The van der Waals surface area contributed by atoms with Crippen molar-refractivity contribution in [3.63, 3.8) is 0 Å². The molecule has 0 aromatic carbocycles. The summed E-state index contributed by atoms with van der Waals surface area (Å²) in [5.41, 5.74) is -0.0874. The lowest BCUT2D eigenvalue weighted by molar-refractivity contribution is -0.00546. The highest BCUT2D eigenvalue weighted by molar-refractivity contribution is 5.92. The molecule has 0 atom stereocenters. The van der Waals surface area contributed by atoms with Gasteiger partial charge in [-0.05, 0) is 43.7 Å². The summed E-state index contributed by atoms with van der Waals surface area (Å²) in [7, 11) is 1.84. The molecule has 2 rings (SSSR count). The van der Waals surface area contributed by atoms with Gasteiger partial charge in [0.1, 0.15) is 5.69 Å². The highest BCUT2D eigenvalue weighted by Crippen LogP contribution is 2.31. The van der Waals surface area contributed by atoms with Gasteiger partial charge in [-0.25, -0.2) is 0 Å². The van der Waals surface area contributed by atoms with Gasteiger partial charge in [0.25, 0.3) is 5.91 Å². The first-order valence-electron chi connectivity index (χ1n) is 6.62. The molecular formula is C14H22N2O2. The van der Waals surface area contributed by atoms with Crippen molar-refractivity contribution < 1.29 is 9.90 Å². The minimum atomic E-state index is -0.715. The van der Waals surface area contributed by atoms with E-state index in [4.69, 9.17) is 0 Å². The van der Waals surface area contributed by atoms with Crippen molar-refractivity contribution >= 4 is 5.91 Å². The summed E-state index contributed by atoms with van der Waals surface area (Å²) in [6.07, 6.45) is 5.47. The largest absolute Gasteiger partial charge is 0.388 e. The second-order valence-electron chi connectivity index (χ2n) is 5.59. The van der Waals surface area contributed by atoms with Crippen LogP contribution in [-0.4, -0.2) is 27.7 Å². The van der Waals surface area contributed by atoms with Crippen LogP contribution in [0.4, 0.5) is 0 Å². The summed E-state index contributed by atoms with van der Waals surface area (Å²) in [4.78, 5) is 11.9. The number of aryl methyl sites for hydroxylation is 1. The summed E-state index contributed by atoms with van der Waals surface area (Å²) >= 11 is 0. The molecular weight excluding hydrogens is 228 g/mol. The summed E-state index contributed by atoms with van der Waals surface area (Å²) in [5.74, 6) is 0.573. The van der Waals surface area contributed by atoms with Crippen LogP contribution in [0.2, 0.25) is 0 Å². The number of hydrogen-bond acceptors (Lipinski definition) is 2. The van der Waals surface area contributed by atoms with Crippen LogP contribution in [0.3, 0.4) is 0 Å². The molecule has 1 aliphatic carbocycles. The van der Waals surface area contributed by atoms with Crippen molar-refractivity contribution in [3.8, 4) is 0 Å². The molecule has 0 unspecified atom stereocenters. The number of nitrogens with one attached hydrogen (secondary N) is 1. The monoisotopic (exact) mass is 250 g/mol. The second-order valence-corrected chi connectivity index (χ2v) is 5.59.